The van der Waals surface area contributed by atoms with E-state index in [-0.39, 0.29) is 6.54 Å². The third-order valence-corrected chi connectivity index (χ3v) is 3.16. The molecule has 0 bridgehead atoms. The van der Waals surface area contributed by atoms with Crippen molar-refractivity contribution in [2.45, 2.75) is 6.54 Å². The van der Waals surface area contributed by atoms with Gasteiger partial charge in [-0.3, -0.25) is 14.5 Å². The van der Waals surface area contributed by atoms with E-state index in [1.54, 1.807) is 36.7 Å². The Bertz CT molecular complexity index is 673. The molecule has 6 heteroatoms. The molecule has 0 aliphatic carbocycles. The van der Waals surface area contributed by atoms with Crippen LogP contribution in [0.3, 0.4) is 0 Å². The minimum atomic E-state index is -0.601. The molecule has 1 amide bonds. The zero-order valence-corrected chi connectivity index (χ0v) is 10.5. The van der Waals surface area contributed by atoms with Gasteiger partial charge in [0.1, 0.15) is 5.82 Å². The molecule has 2 heterocycles. The molecule has 94 valence electrons. The van der Waals surface area contributed by atoms with Crippen molar-refractivity contribution in [2.75, 3.05) is 4.90 Å². The second kappa shape index (κ2) is 4.44. The van der Waals surface area contributed by atoms with Crippen molar-refractivity contribution < 1.29 is 9.59 Å². The second-order valence-corrected chi connectivity index (χ2v) is 4.43. The number of fused-ring (bicyclic) bond motifs is 1. The summed E-state index contributed by atoms with van der Waals surface area (Å²) in [5.74, 6) is -0.694. The molecule has 19 heavy (non-hydrogen) atoms. The standard InChI is InChI=1S/C13H8ClN3O2/c14-9-4-1-3-8-11(9)17(13(19)12(8)18)7-10-15-5-2-6-16-10/h1-6H,7H2. The first-order valence-corrected chi connectivity index (χ1v) is 5.97. The maximum atomic E-state index is 12.0. The first-order chi connectivity index (χ1) is 9.18. The van der Waals surface area contributed by atoms with Gasteiger partial charge in [0.25, 0.3) is 11.7 Å². The summed E-state index contributed by atoms with van der Waals surface area (Å²) in [6, 6.07) is 6.56. The molecular formula is C13H8ClN3O2. The summed E-state index contributed by atoms with van der Waals surface area (Å²) in [5.41, 5.74) is 0.764. The van der Waals surface area contributed by atoms with Crippen LogP contribution in [0.5, 0.6) is 0 Å². The number of halogens is 1. The second-order valence-electron chi connectivity index (χ2n) is 4.02. The fourth-order valence-corrected chi connectivity index (χ4v) is 2.29. The lowest BCUT2D eigenvalue weighted by Gasteiger charge is -2.16. The monoisotopic (exact) mass is 273 g/mol. The lowest BCUT2D eigenvalue weighted by molar-refractivity contribution is -0.114. The Morgan fingerprint density at radius 3 is 2.58 bits per heavy atom. The maximum Gasteiger partial charge on any atom is 0.299 e. The zero-order valence-electron chi connectivity index (χ0n) is 9.71. The van der Waals surface area contributed by atoms with Gasteiger partial charge in [0.05, 0.1) is 22.8 Å². The van der Waals surface area contributed by atoms with Gasteiger partial charge in [-0.15, -0.1) is 0 Å². The molecule has 0 atom stereocenters. The molecule has 1 aliphatic rings. The minimum Gasteiger partial charge on any atom is -0.296 e. The van der Waals surface area contributed by atoms with E-state index in [0.717, 1.165) is 0 Å². The number of rotatable bonds is 2. The van der Waals surface area contributed by atoms with Gasteiger partial charge in [0.15, 0.2) is 0 Å². The van der Waals surface area contributed by atoms with Gasteiger partial charge in [-0.2, -0.15) is 0 Å². The number of aromatic nitrogens is 2. The van der Waals surface area contributed by atoms with E-state index >= 15 is 0 Å². The Morgan fingerprint density at radius 1 is 1.11 bits per heavy atom. The number of nitrogens with zero attached hydrogens (tertiary/aromatic N) is 3. The van der Waals surface area contributed by atoms with E-state index in [1.165, 1.54) is 4.90 Å². The summed E-state index contributed by atoms with van der Waals surface area (Å²) in [6.07, 6.45) is 3.16. The van der Waals surface area contributed by atoms with Crippen LogP contribution in [-0.2, 0) is 11.3 Å². The lowest BCUT2D eigenvalue weighted by atomic mass is 10.1. The molecule has 1 aliphatic heterocycles. The number of para-hydroxylation sites is 1. The van der Waals surface area contributed by atoms with Crippen LogP contribution in [0.1, 0.15) is 16.2 Å². The van der Waals surface area contributed by atoms with Gasteiger partial charge >= 0.3 is 0 Å². The maximum absolute atomic E-state index is 12.0. The molecule has 2 aromatic rings. The van der Waals surface area contributed by atoms with Crippen LogP contribution in [0.2, 0.25) is 5.02 Å². The Morgan fingerprint density at radius 2 is 1.84 bits per heavy atom. The first-order valence-electron chi connectivity index (χ1n) is 5.59. The van der Waals surface area contributed by atoms with E-state index in [1.807, 2.05) is 0 Å². The predicted molar refractivity (Wildman–Crippen MR) is 69.0 cm³/mol. The average Bonchev–Trinajstić information content (AvgIpc) is 2.67. The molecule has 0 unspecified atom stereocenters. The van der Waals surface area contributed by atoms with E-state index in [4.69, 9.17) is 11.6 Å². The molecule has 3 rings (SSSR count). The number of Topliss-reactive ketones (excluding diaryl/α,β-unsaturated/α-hetero) is 1. The topological polar surface area (TPSA) is 63.2 Å². The van der Waals surface area contributed by atoms with Gasteiger partial charge in [-0.1, -0.05) is 17.7 Å². The molecular weight excluding hydrogens is 266 g/mol. The van der Waals surface area contributed by atoms with Crippen LogP contribution in [0.4, 0.5) is 5.69 Å². The van der Waals surface area contributed by atoms with Gasteiger partial charge in [0.2, 0.25) is 0 Å². The van der Waals surface area contributed by atoms with Gasteiger partial charge in [-0.25, -0.2) is 9.97 Å². The highest BCUT2D eigenvalue weighted by Gasteiger charge is 2.37. The first kappa shape index (κ1) is 11.8. The Hall–Kier alpha value is -2.27. The number of carbonyl (C=O) groups is 2. The molecule has 5 nitrogen and oxygen atoms in total. The summed E-state index contributed by atoms with van der Waals surface area (Å²) in [7, 11) is 0. The molecule has 0 spiro atoms. The minimum absolute atomic E-state index is 0.127. The Kier molecular flexibility index (Phi) is 2.76. The van der Waals surface area contributed by atoms with Crippen molar-refractivity contribution in [3.8, 4) is 0 Å². The SMILES string of the molecule is O=C1C(=O)N(Cc2ncccn2)c2c(Cl)cccc21. The highest BCUT2D eigenvalue weighted by molar-refractivity contribution is 6.54. The van der Waals surface area contributed by atoms with Crippen LogP contribution in [0.25, 0.3) is 0 Å². The smallest absolute Gasteiger partial charge is 0.296 e. The lowest BCUT2D eigenvalue weighted by Crippen LogP contribution is -2.30. The van der Waals surface area contributed by atoms with E-state index in [0.29, 0.717) is 22.1 Å². The van der Waals surface area contributed by atoms with Crippen molar-refractivity contribution in [1.29, 1.82) is 0 Å². The number of anilines is 1. The third-order valence-electron chi connectivity index (χ3n) is 2.86. The van der Waals surface area contributed by atoms with Gasteiger partial charge < -0.3 is 0 Å². The van der Waals surface area contributed by atoms with Crippen molar-refractivity contribution in [3.05, 3.63) is 53.1 Å². The number of carbonyl (C=O) groups excluding carboxylic acids is 2. The molecule has 0 saturated carbocycles. The summed E-state index contributed by atoms with van der Waals surface area (Å²) in [5, 5.41) is 0.368. The van der Waals surface area contributed by atoms with E-state index in [2.05, 4.69) is 9.97 Å². The fraction of sp³-hybridized carbons (Fsp3) is 0.0769. The summed E-state index contributed by atoms with van der Waals surface area (Å²) in [4.78, 5) is 33.2. The molecule has 1 aromatic heterocycles. The number of amides is 1. The number of benzene rings is 1. The summed E-state index contributed by atoms with van der Waals surface area (Å²) >= 11 is 6.07. The predicted octanol–water partition coefficient (Wildman–Crippen LogP) is 1.86. The van der Waals surface area contributed by atoms with E-state index < -0.39 is 11.7 Å². The quantitative estimate of drug-likeness (QED) is 0.784. The highest BCUT2D eigenvalue weighted by atomic mass is 35.5. The van der Waals surface area contributed by atoms with Crippen LogP contribution in [0, 0.1) is 0 Å². The van der Waals surface area contributed by atoms with Crippen LogP contribution < -0.4 is 4.90 Å². The van der Waals surface area contributed by atoms with Gasteiger partial charge in [0, 0.05) is 12.4 Å². The van der Waals surface area contributed by atoms with Crippen molar-refractivity contribution in [1.82, 2.24) is 9.97 Å². The number of hydrogen-bond donors (Lipinski definition) is 0. The van der Waals surface area contributed by atoms with E-state index in [9.17, 15) is 9.59 Å². The highest BCUT2D eigenvalue weighted by Crippen LogP contribution is 2.36. The fourth-order valence-electron chi connectivity index (χ4n) is 2.02. The summed E-state index contributed by atoms with van der Waals surface area (Å²) in [6.45, 7) is 0.127. The summed E-state index contributed by atoms with van der Waals surface area (Å²) < 4.78 is 0. The number of ketones is 1. The third kappa shape index (κ3) is 1.88. The largest absolute Gasteiger partial charge is 0.299 e. The van der Waals surface area contributed by atoms with Crippen LogP contribution in [0.15, 0.2) is 36.7 Å². The molecule has 0 saturated heterocycles. The Balaban J connectivity index is 2.04. The van der Waals surface area contributed by atoms with Crippen molar-refractivity contribution >= 4 is 29.0 Å². The van der Waals surface area contributed by atoms with Crippen LogP contribution in [-0.4, -0.2) is 21.7 Å². The van der Waals surface area contributed by atoms with Crippen LogP contribution >= 0.6 is 11.6 Å². The molecule has 0 N–H and O–H groups in total. The normalized spacial score (nSPS) is 13.8. The number of hydrogen-bond acceptors (Lipinski definition) is 4. The molecule has 0 fully saturated rings. The zero-order chi connectivity index (χ0) is 13.4. The molecule has 0 radical (unpaired) electrons. The molecule has 1 aromatic carbocycles. The van der Waals surface area contributed by atoms with Crippen molar-refractivity contribution in [3.63, 3.8) is 0 Å². The average molecular weight is 274 g/mol. The van der Waals surface area contributed by atoms with Gasteiger partial charge in [-0.05, 0) is 18.2 Å². The Labute approximate surface area is 113 Å². The van der Waals surface area contributed by atoms with Crippen molar-refractivity contribution in [2.24, 2.45) is 0 Å².